The summed E-state index contributed by atoms with van der Waals surface area (Å²) < 4.78 is 0. The molecule has 0 saturated heterocycles. The van der Waals surface area contributed by atoms with E-state index in [9.17, 15) is 0 Å². The minimum Gasteiger partial charge on any atom is -0.0616 e. The first-order valence-electron chi connectivity index (χ1n) is 17.3. The molecule has 0 spiro atoms. The van der Waals surface area contributed by atoms with E-state index in [1.807, 2.05) is 0 Å². The highest BCUT2D eigenvalue weighted by atomic mass is 14.2. The first-order valence-corrected chi connectivity index (χ1v) is 17.3. The lowest BCUT2D eigenvalue weighted by Crippen LogP contribution is -1.90. The van der Waals surface area contributed by atoms with Crippen molar-refractivity contribution >= 4 is 53.9 Å². The van der Waals surface area contributed by atoms with Crippen LogP contribution in [0.15, 0.2) is 194 Å². The lowest BCUT2D eigenvalue weighted by atomic mass is 9.86. The van der Waals surface area contributed by atoms with E-state index >= 15 is 0 Å². The lowest BCUT2D eigenvalue weighted by Gasteiger charge is -2.17. The van der Waals surface area contributed by atoms with Crippen LogP contribution < -0.4 is 0 Å². The molecule has 0 aliphatic heterocycles. The van der Waals surface area contributed by atoms with E-state index in [4.69, 9.17) is 0 Å². The number of hydrogen-bond acceptors (Lipinski definition) is 0. The molecule has 10 aromatic carbocycles. The van der Waals surface area contributed by atoms with Crippen LogP contribution in [0.5, 0.6) is 0 Å². The van der Waals surface area contributed by atoms with Crippen molar-refractivity contribution in [3.05, 3.63) is 194 Å². The van der Waals surface area contributed by atoms with Crippen molar-refractivity contribution in [2.75, 3.05) is 0 Å². The van der Waals surface area contributed by atoms with Crippen LogP contribution in [0.4, 0.5) is 0 Å². The Balaban J connectivity index is 1.24. The van der Waals surface area contributed by atoms with Gasteiger partial charge in [-0.15, -0.1) is 0 Å². The smallest absolute Gasteiger partial charge is 0.00262 e. The lowest BCUT2D eigenvalue weighted by molar-refractivity contribution is 1.58. The summed E-state index contributed by atoms with van der Waals surface area (Å²) in [5.74, 6) is 0. The Morgan fingerprint density at radius 2 is 0.640 bits per heavy atom. The predicted octanol–water partition coefficient (Wildman–Crippen LogP) is 14.1. The van der Waals surface area contributed by atoms with E-state index in [0.29, 0.717) is 0 Å². The van der Waals surface area contributed by atoms with Gasteiger partial charge in [0.15, 0.2) is 0 Å². The summed E-state index contributed by atoms with van der Waals surface area (Å²) in [7, 11) is 0. The quantitative estimate of drug-likeness (QED) is 0.134. The van der Waals surface area contributed by atoms with Crippen molar-refractivity contribution in [2.24, 2.45) is 0 Å². The Bertz CT molecular complexity index is 2930. The molecule has 50 heavy (non-hydrogen) atoms. The molecule has 232 valence electrons. The van der Waals surface area contributed by atoms with Gasteiger partial charge in [-0.1, -0.05) is 152 Å². The fourth-order valence-corrected chi connectivity index (χ4v) is 7.85. The van der Waals surface area contributed by atoms with Crippen LogP contribution in [0.1, 0.15) is 0 Å². The molecule has 0 bridgehead atoms. The van der Waals surface area contributed by atoms with Gasteiger partial charge >= 0.3 is 0 Å². The second-order valence-electron chi connectivity index (χ2n) is 13.4. The molecule has 0 heterocycles. The van der Waals surface area contributed by atoms with Gasteiger partial charge in [-0.2, -0.15) is 0 Å². The molecule has 0 heteroatoms. The zero-order chi connectivity index (χ0) is 33.0. The molecule has 0 aliphatic rings. The van der Waals surface area contributed by atoms with Gasteiger partial charge < -0.3 is 0 Å². The monoisotopic (exact) mass is 632 g/mol. The second kappa shape index (κ2) is 11.6. The van der Waals surface area contributed by atoms with Gasteiger partial charge in [-0.3, -0.25) is 0 Å². The number of fused-ring (bicyclic) bond motifs is 6. The first-order chi connectivity index (χ1) is 24.7. The van der Waals surface area contributed by atoms with Crippen LogP contribution in [-0.2, 0) is 0 Å². The summed E-state index contributed by atoms with van der Waals surface area (Å²) in [5, 5.41) is 12.6. The van der Waals surface area contributed by atoms with E-state index in [1.54, 1.807) is 0 Å². The van der Waals surface area contributed by atoms with E-state index in [-0.39, 0.29) is 0 Å². The van der Waals surface area contributed by atoms with Crippen molar-refractivity contribution in [3.63, 3.8) is 0 Å². The Morgan fingerprint density at radius 1 is 0.180 bits per heavy atom. The van der Waals surface area contributed by atoms with Crippen LogP contribution in [0.2, 0.25) is 0 Å². The van der Waals surface area contributed by atoms with Gasteiger partial charge in [-0.25, -0.2) is 0 Å². The van der Waals surface area contributed by atoms with Gasteiger partial charge in [0, 0.05) is 0 Å². The van der Waals surface area contributed by atoms with Crippen molar-refractivity contribution in [3.8, 4) is 44.5 Å². The highest BCUT2D eigenvalue weighted by Crippen LogP contribution is 2.42. The van der Waals surface area contributed by atoms with Gasteiger partial charge in [0.05, 0.1) is 0 Å². The summed E-state index contributed by atoms with van der Waals surface area (Å²) >= 11 is 0. The van der Waals surface area contributed by atoms with Gasteiger partial charge in [0.25, 0.3) is 0 Å². The summed E-state index contributed by atoms with van der Waals surface area (Å²) in [6, 6.07) is 71.6. The van der Waals surface area contributed by atoms with Crippen LogP contribution in [0.3, 0.4) is 0 Å². The fraction of sp³-hybridized carbons (Fsp3) is 0. The highest BCUT2D eigenvalue weighted by Gasteiger charge is 2.15. The standard InChI is InChI=1S/C50H32/c1-3-13-36-26-40(22-20-33(36)10-1)38-16-9-17-39(28-38)43-29-44(41-23-21-34-11-2-4-14-37(34)27-41)31-45(30-43)50-47-19-8-6-15-42(47)32-49-46-18-7-5-12-35(46)24-25-48(49)50/h1-32H. The third-order valence-electron chi connectivity index (χ3n) is 10.4. The maximum Gasteiger partial charge on any atom is -0.00262 e. The molecule has 0 saturated carbocycles. The fourth-order valence-electron chi connectivity index (χ4n) is 7.85. The molecule has 0 amide bonds. The van der Waals surface area contributed by atoms with E-state index in [1.165, 1.54) is 98.4 Å². The Hall–Kier alpha value is -6.50. The maximum atomic E-state index is 2.40. The first kappa shape index (κ1) is 28.5. The number of benzene rings is 10. The summed E-state index contributed by atoms with van der Waals surface area (Å²) in [4.78, 5) is 0. The SMILES string of the molecule is c1cc(-c2cc(-c3ccc4ccccc4c3)cc(-c3c4ccccc4cc4c3ccc3ccccc34)c2)cc(-c2ccc3ccccc3c2)c1. The maximum absolute atomic E-state index is 2.40. The second-order valence-corrected chi connectivity index (χ2v) is 13.4. The molecule has 0 aromatic heterocycles. The molecule has 0 radical (unpaired) electrons. The van der Waals surface area contributed by atoms with Gasteiger partial charge in [-0.05, 0) is 141 Å². The summed E-state index contributed by atoms with van der Waals surface area (Å²) in [6.07, 6.45) is 0. The highest BCUT2D eigenvalue weighted by molar-refractivity contribution is 6.20. The molecule has 0 unspecified atom stereocenters. The van der Waals surface area contributed by atoms with Crippen molar-refractivity contribution in [1.82, 2.24) is 0 Å². The molecule has 10 rings (SSSR count). The molecular weight excluding hydrogens is 601 g/mol. The van der Waals surface area contributed by atoms with Crippen molar-refractivity contribution in [2.45, 2.75) is 0 Å². The molecule has 10 aromatic rings. The predicted molar refractivity (Wildman–Crippen MR) is 216 cm³/mol. The van der Waals surface area contributed by atoms with Gasteiger partial charge in [0.2, 0.25) is 0 Å². The zero-order valence-electron chi connectivity index (χ0n) is 27.5. The van der Waals surface area contributed by atoms with E-state index < -0.39 is 0 Å². The van der Waals surface area contributed by atoms with Crippen molar-refractivity contribution in [1.29, 1.82) is 0 Å². The normalized spacial score (nSPS) is 11.6. The van der Waals surface area contributed by atoms with E-state index in [2.05, 4.69) is 194 Å². The van der Waals surface area contributed by atoms with Crippen molar-refractivity contribution < 1.29 is 0 Å². The average molecular weight is 633 g/mol. The molecular formula is C50H32. The minimum atomic E-state index is 1.20. The third kappa shape index (κ3) is 4.85. The molecule has 0 aliphatic carbocycles. The summed E-state index contributed by atoms with van der Waals surface area (Å²) in [5.41, 5.74) is 9.77. The van der Waals surface area contributed by atoms with Gasteiger partial charge in [0.1, 0.15) is 0 Å². The Kier molecular flexibility index (Phi) is 6.60. The molecule has 0 atom stereocenters. The zero-order valence-corrected chi connectivity index (χ0v) is 27.5. The third-order valence-corrected chi connectivity index (χ3v) is 10.4. The Morgan fingerprint density at radius 3 is 1.32 bits per heavy atom. The average Bonchev–Trinajstić information content (AvgIpc) is 3.19. The van der Waals surface area contributed by atoms with Crippen LogP contribution >= 0.6 is 0 Å². The van der Waals surface area contributed by atoms with Crippen LogP contribution in [-0.4, -0.2) is 0 Å². The number of hydrogen-bond donors (Lipinski definition) is 0. The summed E-state index contributed by atoms with van der Waals surface area (Å²) in [6.45, 7) is 0. The topological polar surface area (TPSA) is 0 Å². The molecule has 0 N–H and O–H groups in total. The van der Waals surface area contributed by atoms with Crippen LogP contribution in [0.25, 0.3) is 98.4 Å². The van der Waals surface area contributed by atoms with E-state index in [0.717, 1.165) is 0 Å². The largest absolute Gasteiger partial charge is 0.0616 e. The number of rotatable bonds is 4. The Labute approximate surface area is 291 Å². The minimum absolute atomic E-state index is 1.20. The molecule has 0 fully saturated rings. The van der Waals surface area contributed by atoms with Crippen LogP contribution in [0, 0.1) is 0 Å². The molecule has 0 nitrogen and oxygen atoms in total.